The van der Waals surface area contributed by atoms with Crippen molar-refractivity contribution in [1.29, 1.82) is 0 Å². The number of nitrogens with one attached hydrogen (secondary N) is 2. The third kappa shape index (κ3) is 5.70. The molecule has 2 atom stereocenters. The lowest BCUT2D eigenvalue weighted by atomic mass is 9.96. The lowest BCUT2D eigenvalue weighted by molar-refractivity contribution is -0.384. The highest BCUT2D eigenvalue weighted by Gasteiger charge is 2.42. The zero-order valence-electron chi connectivity index (χ0n) is 24.1. The molecule has 1 fully saturated rings. The minimum atomic E-state index is -3.54. The molecule has 0 radical (unpaired) electrons. The average molecular weight is 623 g/mol. The molecule has 1 saturated heterocycles. The Labute approximate surface area is 254 Å². The minimum Gasteiger partial charge on any atom is -0.494 e. The number of rotatable bonds is 9. The fourth-order valence-electron chi connectivity index (χ4n) is 5.49. The van der Waals surface area contributed by atoms with E-state index < -0.39 is 14.9 Å². The van der Waals surface area contributed by atoms with Gasteiger partial charge in [0.05, 0.1) is 60.6 Å². The number of hydrogen-bond donors (Lipinski definition) is 2. The van der Waals surface area contributed by atoms with Gasteiger partial charge in [-0.25, -0.2) is 8.42 Å². The second-order valence-corrected chi connectivity index (χ2v) is 12.2. The van der Waals surface area contributed by atoms with E-state index in [1.165, 1.54) is 26.4 Å². The molecule has 224 valence electrons. The van der Waals surface area contributed by atoms with Crippen LogP contribution in [0.4, 0.5) is 17.1 Å². The van der Waals surface area contributed by atoms with Crippen molar-refractivity contribution in [1.82, 2.24) is 14.9 Å². The standard InChI is InChI=1S/C29H30N6O6S2/c1-17-14-21(18(2)33(17)24-12-10-20(35(36)37)16-26(24)41-4)28-27(23-8-6-7-13-30-23)31-29(42)34(28)19-9-11-22(25(15-19)40-3)32-43(5,38)39/h6-16,27-28,32H,1-5H3,(H,31,42)/t27-,28-/m1/s1. The Morgan fingerprint density at radius 1 is 1.05 bits per heavy atom. The predicted octanol–water partition coefficient (Wildman–Crippen LogP) is 4.96. The summed E-state index contributed by atoms with van der Waals surface area (Å²) in [6, 6.07) is 16.7. The van der Waals surface area contributed by atoms with Gasteiger partial charge in [0.15, 0.2) is 5.11 Å². The van der Waals surface area contributed by atoms with Gasteiger partial charge >= 0.3 is 0 Å². The fourth-order valence-corrected chi connectivity index (χ4v) is 6.40. The van der Waals surface area contributed by atoms with Crippen LogP contribution in [0.3, 0.4) is 0 Å². The summed E-state index contributed by atoms with van der Waals surface area (Å²) in [6.07, 6.45) is 2.79. The first-order valence-electron chi connectivity index (χ1n) is 13.1. The molecular formula is C29H30N6O6S2. The number of aryl methyl sites for hydroxylation is 1. The first-order chi connectivity index (χ1) is 20.4. The maximum atomic E-state index is 11.9. The number of sulfonamides is 1. The number of ether oxygens (including phenoxy) is 2. The Bertz CT molecular complexity index is 1830. The summed E-state index contributed by atoms with van der Waals surface area (Å²) in [5, 5.41) is 15.3. The van der Waals surface area contributed by atoms with Gasteiger partial charge in [-0.1, -0.05) is 6.07 Å². The van der Waals surface area contributed by atoms with Gasteiger partial charge in [0, 0.05) is 35.4 Å². The molecule has 4 aromatic rings. The summed E-state index contributed by atoms with van der Waals surface area (Å²) in [5.41, 5.74) is 5.01. The molecule has 1 aliphatic heterocycles. The van der Waals surface area contributed by atoms with Crippen molar-refractivity contribution in [2.45, 2.75) is 25.9 Å². The van der Waals surface area contributed by atoms with Gasteiger partial charge in [0.25, 0.3) is 5.69 Å². The largest absolute Gasteiger partial charge is 0.494 e. The van der Waals surface area contributed by atoms with E-state index in [2.05, 4.69) is 21.1 Å². The van der Waals surface area contributed by atoms with Crippen LogP contribution in [-0.4, -0.2) is 48.5 Å². The van der Waals surface area contributed by atoms with Gasteiger partial charge in [-0.3, -0.25) is 19.8 Å². The predicted molar refractivity (Wildman–Crippen MR) is 168 cm³/mol. The Morgan fingerprint density at radius 2 is 1.79 bits per heavy atom. The number of aromatic nitrogens is 2. The maximum absolute atomic E-state index is 11.9. The molecule has 1 aliphatic rings. The van der Waals surface area contributed by atoms with E-state index >= 15 is 0 Å². The van der Waals surface area contributed by atoms with Crippen LogP contribution in [0.25, 0.3) is 5.69 Å². The number of non-ortho nitro benzene ring substituents is 1. The molecule has 12 nitrogen and oxygen atoms in total. The molecule has 2 N–H and O–H groups in total. The van der Waals surface area contributed by atoms with Crippen molar-refractivity contribution in [3.8, 4) is 17.2 Å². The molecule has 0 amide bonds. The number of nitrogens with zero attached hydrogens (tertiary/aromatic N) is 4. The number of pyridine rings is 1. The Kier molecular flexibility index (Phi) is 7.99. The summed E-state index contributed by atoms with van der Waals surface area (Å²) in [5.74, 6) is 0.686. The van der Waals surface area contributed by atoms with E-state index in [1.54, 1.807) is 30.5 Å². The van der Waals surface area contributed by atoms with Crippen LogP contribution in [0, 0.1) is 24.0 Å². The first-order valence-corrected chi connectivity index (χ1v) is 15.4. The van der Waals surface area contributed by atoms with Crippen LogP contribution in [-0.2, 0) is 10.0 Å². The summed E-state index contributed by atoms with van der Waals surface area (Å²) in [4.78, 5) is 17.5. The molecule has 0 bridgehead atoms. The molecule has 0 saturated carbocycles. The van der Waals surface area contributed by atoms with Crippen LogP contribution in [0.15, 0.2) is 66.9 Å². The van der Waals surface area contributed by atoms with Gasteiger partial charge in [0.1, 0.15) is 11.5 Å². The first kappa shape index (κ1) is 29.8. The number of benzene rings is 2. The highest BCUT2D eigenvalue weighted by atomic mass is 32.2. The number of methoxy groups -OCH3 is 2. The SMILES string of the molecule is COc1cc(N2C(=S)N[C@H](c3ccccn3)[C@H]2c2cc(C)n(-c3ccc([N+](=O)[O-])cc3OC)c2C)ccc1NS(C)(=O)=O. The van der Waals surface area contributed by atoms with Gasteiger partial charge in [0.2, 0.25) is 10.0 Å². The van der Waals surface area contributed by atoms with Crippen molar-refractivity contribution >= 4 is 44.4 Å². The molecule has 3 heterocycles. The van der Waals surface area contributed by atoms with Crippen molar-refractivity contribution in [3.05, 3.63) is 99.6 Å². The quantitative estimate of drug-likeness (QED) is 0.149. The van der Waals surface area contributed by atoms with Crippen molar-refractivity contribution in [2.24, 2.45) is 0 Å². The molecule has 14 heteroatoms. The monoisotopic (exact) mass is 622 g/mol. The van der Waals surface area contributed by atoms with E-state index in [9.17, 15) is 18.5 Å². The number of nitro groups is 1. The number of thiocarbonyl (C=S) groups is 1. The topological polar surface area (TPSA) is 141 Å². The zero-order valence-corrected chi connectivity index (χ0v) is 25.7. The highest BCUT2D eigenvalue weighted by molar-refractivity contribution is 7.92. The molecule has 2 aromatic heterocycles. The van der Waals surface area contributed by atoms with Crippen molar-refractivity contribution in [3.63, 3.8) is 0 Å². The van der Waals surface area contributed by atoms with E-state index in [1.807, 2.05) is 41.5 Å². The molecule has 5 rings (SSSR count). The summed E-state index contributed by atoms with van der Waals surface area (Å²) >= 11 is 5.88. The second kappa shape index (κ2) is 11.5. The van der Waals surface area contributed by atoms with E-state index in [0.29, 0.717) is 33.7 Å². The lowest BCUT2D eigenvalue weighted by Gasteiger charge is -2.29. The fraction of sp³-hybridized carbons (Fsp3) is 0.241. The average Bonchev–Trinajstić information content (AvgIpc) is 3.47. The normalized spacial score (nSPS) is 16.6. The second-order valence-electron chi connectivity index (χ2n) is 10.0. The van der Waals surface area contributed by atoms with Gasteiger partial charge in [-0.05, 0) is 68.0 Å². The Balaban J connectivity index is 1.68. The van der Waals surface area contributed by atoms with Gasteiger partial charge in [-0.15, -0.1) is 0 Å². The van der Waals surface area contributed by atoms with E-state index in [4.69, 9.17) is 21.7 Å². The maximum Gasteiger partial charge on any atom is 0.273 e. The van der Waals surface area contributed by atoms with E-state index in [-0.39, 0.29) is 17.8 Å². The van der Waals surface area contributed by atoms with Gasteiger partial charge < -0.3 is 24.3 Å². The molecule has 2 aromatic carbocycles. The zero-order chi connectivity index (χ0) is 31.1. The molecule has 43 heavy (non-hydrogen) atoms. The third-order valence-electron chi connectivity index (χ3n) is 7.26. The molecule has 0 unspecified atom stereocenters. The number of nitro benzene ring substituents is 1. The van der Waals surface area contributed by atoms with Gasteiger partial charge in [-0.2, -0.15) is 0 Å². The van der Waals surface area contributed by atoms with Crippen LogP contribution in [0.2, 0.25) is 0 Å². The highest BCUT2D eigenvalue weighted by Crippen LogP contribution is 2.45. The Morgan fingerprint density at radius 3 is 2.42 bits per heavy atom. The number of anilines is 2. The minimum absolute atomic E-state index is 0.0715. The molecule has 0 spiro atoms. The molecule has 0 aliphatic carbocycles. The van der Waals surface area contributed by atoms with Crippen LogP contribution < -0.4 is 24.4 Å². The van der Waals surface area contributed by atoms with Crippen molar-refractivity contribution < 1.29 is 22.8 Å². The smallest absolute Gasteiger partial charge is 0.273 e. The summed E-state index contributed by atoms with van der Waals surface area (Å²) in [7, 11) is -0.596. The number of hydrogen-bond acceptors (Lipinski definition) is 8. The lowest BCUT2D eigenvalue weighted by Crippen LogP contribution is -2.29. The van der Waals surface area contributed by atoms with Crippen molar-refractivity contribution in [2.75, 3.05) is 30.1 Å². The third-order valence-corrected chi connectivity index (χ3v) is 8.17. The van der Waals surface area contributed by atoms with E-state index in [0.717, 1.165) is 28.9 Å². The van der Waals surface area contributed by atoms with Crippen LogP contribution in [0.5, 0.6) is 11.5 Å². The summed E-state index contributed by atoms with van der Waals surface area (Å²) < 4.78 is 39.4. The van der Waals surface area contributed by atoms with Crippen LogP contribution in [0.1, 0.15) is 34.7 Å². The summed E-state index contributed by atoms with van der Waals surface area (Å²) in [6.45, 7) is 3.92. The van der Waals surface area contributed by atoms with Crippen LogP contribution >= 0.6 is 12.2 Å². The Hall–Kier alpha value is -4.69. The molecular weight excluding hydrogens is 592 g/mol.